The molecule has 1 N–H and O–H groups in total. The van der Waals surface area contributed by atoms with Crippen LogP contribution in [-0.2, 0) is 4.74 Å². The van der Waals surface area contributed by atoms with E-state index in [1.54, 1.807) is 0 Å². The van der Waals surface area contributed by atoms with Gasteiger partial charge in [-0.25, -0.2) is 0 Å². The number of ether oxygens (including phenoxy) is 1. The Morgan fingerprint density at radius 2 is 2.00 bits per heavy atom. The molecule has 2 aliphatic rings. The van der Waals surface area contributed by atoms with E-state index in [0.717, 1.165) is 6.54 Å². The summed E-state index contributed by atoms with van der Waals surface area (Å²) >= 11 is 0. The third-order valence-electron chi connectivity index (χ3n) is 4.38. The summed E-state index contributed by atoms with van der Waals surface area (Å²) in [6.07, 6.45) is 8.52. The average Bonchev–Trinajstić information content (AvgIpc) is 2.50. The average molecular weight is 225 g/mol. The summed E-state index contributed by atoms with van der Waals surface area (Å²) in [6, 6.07) is 0. The maximum atomic E-state index is 6.13. The van der Waals surface area contributed by atoms with Crippen LogP contribution in [-0.4, -0.2) is 24.8 Å². The molecule has 0 aromatic rings. The van der Waals surface area contributed by atoms with E-state index >= 15 is 0 Å². The largest absolute Gasteiger partial charge is 0.372 e. The number of hydrogen-bond acceptors (Lipinski definition) is 2. The Bertz CT molecular complexity index is 233. The van der Waals surface area contributed by atoms with Gasteiger partial charge < -0.3 is 10.1 Å². The molecule has 16 heavy (non-hydrogen) atoms. The van der Waals surface area contributed by atoms with Gasteiger partial charge in [0.1, 0.15) is 0 Å². The Hall–Kier alpha value is -0.0800. The molecule has 2 fully saturated rings. The van der Waals surface area contributed by atoms with E-state index in [2.05, 4.69) is 26.1 Å². The molecule has 1 atom stereocenters. The summed E-state index contributed by atoms with van der Waals surface area (Å²) in [4.78, 5) is 0. The lowest BCUT2D eigenvalue weighted by Crippen LogP contribution is -2.42. The molecule has 0 aromatic carbocycles. The molecule has 1 saturated carbocycles. The number of rotatable bonds is 5. The van der Waals surface area contributed by atoms with Gasteiger partial charge in [0.15, 0.2) is 0 Å². The first-order valence-electron chi connectivity index (χ1n) is 6.94. The highest BCUT2D eigenvalue weighted by molar-refractivity contribution is 4.94. The molecule has 0 aromatic heterocycles. The van der Waals surface area contributed by atoms with E-state index in [1.807, 2.05) is 0 Å². The van der Waals surface area contributed by atoms with Gasteiger partial charge in [-0.05, 0) is 57.9 Å². The van der Waals surface area contributed by atoms with Crippen molar-refractivity contribution >= 4 is 0 Å². The van der Waals surface area contributed by atoms with E-state index in [4.69, 9.17) is 4.74 Å². The van der Waals surface area contributed by atoms with Crippen LogP contribution < -0.4 is 5.32 Å². The van der Waals surface area contributed by atoms with Crippen molar-refractivity contribution < 1.29 is 4.74 Å². The summed E-state index contributed by atoms with van der Waals surface area (Å²) in [5, 5.41) is 3.53. The van der Waals surface area contributed by atoms with Gasteiger partial charge in [-0.1, -0.05) is 13.3 Å². The Kier molecular flexibility index (Phi) is 3.60. The molecular formula is C14H27NO. The Morgan fingerprint density at radius 1 is 1.25 bits per heavy atom. The van der Waals surface area contributed by atoms with Gasteiger partial charge in [0.2, 0.25) is 0 Å². The van der Waals surface area contributed by atoms with Crippen LogP contribution in [0.25, 0.3) is 0 Å². The van der Waals surface area contributed by atoms with Crippen molar-refractivity contribution in [2.24, 2.45) is 5.41 Å². The molecule has 0 amide bonds. The van der Waals surface area contributed by atoms with Crippen LogP contribution in [0.1, 0.15) is 59.3 Å². The molecule has 2 rings (SSSR count). The van der Waals surface area contributed by atoms with Crippen molar-refractivity contribution in [1.29, 1.82) is 0 Å². The van der Waals surface area contributed by atoms with Gasteiger partial charge in [0.25, 0.3) is 0 Å². The standard InChI is InChI=1S/C14H27NO/c1-4-15-11-14(7-5-8-14)10-12-6-9-13(2,3)16-12/h12,15H,4-11H2,1-3H3. The summed E-state index contributed by atoms with van der Waals surface area (Å²) in [7, 11) is 0. The zero-order valence-corrected chi connectivity index (χ0v) is 11.1. The van der Waals surface area contributed by atoms with Crippen LogP contribution in [0.3, 0.4) is 0 Å². The topological polar surface area (TPSA) is 21.3 Å². The van der Waals surface area contributed by atoms with Crippen LogP contribution in [0.5, 0.6) is 0 Å². The lowest BCUT2D eigenvalue weighted by atomic mass is 9.65. The molecule has 1 unspecified atom stereocenters. The zero-order chi connectivity index (χ0) is 11.6. The van der Waals surface area contributed by atoms with Crippen LogP contribution in [0.15, 0.2) is 0 Å². The fourth-order valence-corrected chi connectivity index (χ4v) is 3.22. The van der Waals surface area contributed by atoms with Crippen molar-refractivity contribution in [3.8, 4) is 0 Å². The van der Waals surface area contributed by atoms with E-state index in [0.29, 0.717) is 11.5 Å². The Morgan fingerprint density at radius 3 is 2.44 bits per heavy atom. The first-order chi connectivity index (χ1) is 7.55. The van der Waals surface area contributed by atoms with Crippen LogP contribution in [0.4, 0.5) is 0 Å². The highest BCUT2D eigenvalue weighted by Gasteiger charge is 2.42. The van der Waals surface area contributed by atoms with Crippen molar-refractivity contribution in [2.75, 3.05) is 13.1 Å². The summed E-state index contributed by atoms with van der Waals surface area (Å²) in [5.41, 5.74) is 0.703. The molecule has 2 heteroatoms. The first-order valence-corrected chi connectivity index (χ1v) is 6.94. The quantitative estimate of drug-likeness (QED) is 0.776. The van der Waals surface area contributed by atoms with Crippen molar-refractivity contribution in [3.63, 3.8) is 0 Å². The molecule has 1 aliphatic carbocycles. The van der Waals surface area contributed by atoms with Gasteiger partial charge in [0, 0.05) is 6.54 Å². The maximum absolute atomic E-state index is 6.13. The molecule has 0 bridgehead atoms. The minimum Gasteiger partial charge on any atom is -0.372 e. The van der Waals surface area contributed by atoms with Crippen molar-refractivity contribution in [2.45, 2.75) is 71.0 Å². The second-order valence-corrected chi connectivity index (χ2v) is 6.38. The summed E-state index contributed by atoms with van der Waals surface area (Å²) in [5.74, 6) is 0. The fraction of sp³-hybridized carbons (Fsp3) is 1.00. The smallest absolute Gasteiger partial charge is 0.0631 e. The Labute approximate surface area is 100 Å². The lowest BCUT2D eigenvalue weighted by molar-refractivity contribution is -0.0486. The predicted molar refractivity (Wildman–Crippen MR) is 67.6 cm³/mol. The molecule has 2 nitrogen and oxygen atoms in total. The van der Waals surface area contributed by atoms with Gasteiger partial charge >= 0.3 is 0 Å². The maximum Gasteiger partial charge on any atom is 0.0631 e. The first kappa shape index (κ1) is 12.4. The molecule has 0 spiro atoms. The molecule has 0 radical (unpaired) electrons. The Balaban J connectivity index is 1.83. The van der Waals surface area contributed by atoms with Crippen LogP contribution in [0, 0.1) is 5.41 Å². The summed E-state index contributed by atoms with van der Waals surface area (Å²) < 4.78 is 6.13. The van der Waals surface area contributed by atoms with E-state index in [9.17, 15) is 0 Å². The highest BCUT2D eigenvalue weighted by Crippen LogP contribution is 2.47. The van der Waals surface area contributed by atoms with Gasteiger partial charge in [0.05, 0.1) is 11.7 Å². The van der Waals surface area contributed by atoms with Crippen molar-refractivity contribution in [1.82, 2.24) is 5.32 Å². The molecule has 94 valence electrons. The monoisotopic (exact) mass is 225 g/mol. The van der Waals surface area contributed by atoms with E-state index < -0.39 is 0 Å². The van der Waals surface area contributed by atoms with Gasteiger partial charge in [-0.2, -0.15) is 0 Å². The van der Waals surface area contributed by atoms with E-state index in [1.165, 1.54) is 45.1 Å². The van der Waals surface area contributed by atoms with Crippen LogP contribution in [0.2, 0.25) is 0 Å². The SMILES string of the molecule is CCNCC1(CC2CCC(C)(C)O2)CCC1. The second kappa shape index (κ2) is 4.66. The normalized spacial score (nSPS) is 31.3. The third-order valence-corrected chi connectivity index (χ3v) is 4.38. The predicted octanol–water partition coefficient (Wildman–Crippen LogP) is 3.11. The van der Waals surface area contributed by atoms with Crippen LogP contribution >= 0.6 is 0 Å². The molecule has 1 aliphatic heterocycles. The zero-order valence-electron chi connectivity index (χ0n) is 11.1. The number of hydrogen-bond donors (Lipinski definition) is 1. The molecule has 1 heterocycles. The fourth-order valence-electron chi connectivity index (χ4n) is 3.22. The minimum absolute atomic E-state index is 0.133. The van der Waals surface area contributed by atoms with Gasteiger partial charge in [-0.15, -0.1) is 0 Å². The molecular weight excluding hydrogens is 198 g/mol. The summed E-state index contributed by atoms with van der Waals surface area (Å²) in [6.45, 7) is 8.94. The van der Waals surface area contributed by atoms with E-state index in [-0.39, 0.29) is 5.60 Å². The highest BCUT2D eigenvalue weighted by atomic mass is 16.5. The second-order valence-electron chi connectivity index (χ2n) is 6.38. The molecule has 1 saturated heterocycles. The van der Waals surface area contributed by atoms with Gasteiger partial charge in [-0.3, -0.25) is 0 Å². The van der Waals surface area contributed by atoms with Crippen molar-refractivity contribution in [3.05, 3.63) is 0 Å². The lowest BCUT2D eigenvalue weighted by Gasteiger charge is -2.44. The third kappa shape index (κ3) is 2.78. The minimum atomic E-state index is 0.133. The number of nitrogens with one attached hydrogen (secondary N) is 1.